The molecular weight excluding hydrogens is 244 g/mol. The molecule has 2 aromatic rings. The molecule has 1 unspecified atom stereocenters. The third-order valence-electron chi connectivity index (χ3n) is 2.88. The van der Waals surface area contributed by atoms with Crippen molar-refractivity contribution in [3.63, 3.8) is 0 Å². The Morgan fingerprint density at radius 3 is 2.00 bits per heavy atom. The number of nitrogens with one attached hydrogen (secondary N) is 1. The number of nitrogens with two attached hydrogens (primary N) is 1. The smallest absolute Gasteiger partial charge is 0.0744 e. The summed E-state index contributed by atoms with van der Waals surface area (Å²) in [5, 5.41) is 3.23. The predicted octanol–water partition coefficient (Wildman–Crippen LogP) is 3.29. The monoisotopic (exact) mass is 264 g/mol. The zero-order chi connectivity index (χ0) is 14.0. The number of rotatable bonds is 6. The molecule has 0 aliphatic carbocycles. The fraction of sp³-hybridized carbons (Fsp3) is 0.111. The summed E-state index contributed by atoms with van der Waals surface area (Å²) in [6.45, 7) is 0.745. The minimum absolute atomic E-state index is 0.143. The van der Waals surface area contributed by atoms with E-state index in [1.807, 2.05) is 48.6 Å². The zero-order valence-corrected chi connectivity index (χ0v) is 11.4. The highest BCUT2D eigenvalue weighted by atomic mass is 15.0. The van der Waals surface area contributed by atoms with Crippen molar-refractivity contribution in [1.82, 2.24) is 5.32 Å². The van der Waals surface area contributed by atoms with Crippen molar-refractivity contribution in [2.75, 3.05) is 6.54 Å². The van der Waals surface area contributed by atoms with Crippen LogP contribution < -0.4 is 11.1 Å². The van der Waals surface area contributed by atoms with Crippen LogP contribution >= 0.6 is 0 Å². The first-order valence-electron chi connectivity index (χ1n) is 6.78. The highest BCUT2D eigenvalue weighted by molar-refractivity contribution is 5.50. The SMILES string of the molecule is NC(C=Cc1ccccc1)NCC=Cc1ccccc1. The lowest BCUT2D eigenvalue weighted by Crippen LogP contribution is -2.35. The van der Waals surface area contributed by atoms with Gasteiger partial charge in [0.2, 0.25) is 0 Å². The first-order chi connectivity index (χ1) is 9.84. The molecule has 2 heteroatoms. The van der Waals surface area contributed by atoms with Crippen LogP contribution in [-0.2, 0) is 0 Å². The van der Waals surface area contributed by atoms with Crippen molar-refractivity contribution in [2.24, 2.45) is 5.73 Å². The van der Waals surface area contributed by atoms with Gasteiger partial charge >= 0.3 is 0 Å². The molecule has 3 N–H and O–H groups in total. The zero-order valence-electron chi connectivity index (χ0n) is 11.4. The van der Waals surface area contributed by atoms with Gasteiger partial charge < -0.3 is 5.73 Å². The van der Waals surface area contributed by atoms with Crippen molar-refractivity contribution in [3.05, 3.63) is 83.9 Å². The minimum Gasteiger partial charge on any atom is -0.313 e. The Morgan fingerprint density at radius 2 is 1.40 bits per heavy atom. The van der Waals surface area contributed by atoms with E-state index in [-0.39, 0.29) is 6.17 Å². The van der Waals surface area contributed by atoms with Crippen LogP contribution in [0.25, 0.3) is 12.2 Å². The molecule has 2 rings (SSSR count). The molecule has 0 radical (unpaired) electrons. The molecule has 2 aromatic carbocycles. The van der Waals surface area contributed by atoms with E-state index in [4.69, 9.17) is 5.73 Å². The third-order valence-corrected chi connectivity index (χ3v) is 2.88. The third kappa shape index (κ3) is 5.22. The molecule has 0 aromatic heterocycles. The molecule has 0 bridgehead atoms. The van der Waals surface area contributed by atoms with Gasteiger partial charge in [-0.25, -0.2) is 0 Å². The van der Waals surface area contributed by atoms with E-state index in [0.717, 1.165) is 12.1 Å². The van der Waals surface area contributed by atoms with E-state index < -0.39 is 0 Å². The summed E-state index contributed by atoms with van der Waals surface area (Å²) in [6.07, 6.45) is 8.01. The Labute approximate surface area is 120 Å². The lowest BCUT2D eigenvalue weighted by molar-refractivity contribution is 0.662. The van der Waals surface area contributed by atoms with Gasteiger partial charge in [0.05, 0.1) is 6.17 Å². The predicted molar refractivity (Wildman–Crippen MR) is 86.9 cm³/mol. The van der Waals surface area contributed by atoms with E-state index in [1.54, 1.807) is 0 Å². The van der Waals surface area contributed by atoms with Gasteiger partial charge in [0.15, 0.2) is 0 Å². The van der Waals surface area contributed by atoms with Crippen molar-refractivity contribution in [3.8, 4) is 0 Å². The largest absolute Gasteiger partial charge is 0.313 e. The van der Waals surface area contributed by atoms with E-state index in [2.05, 4.69) is 41.7 Å². The van der Waals surface area contributed by atoms with Crippen LogP contribution in [0.3, 0.4) is 0 Å². The average molecular weight is 264 g/mol. The maximum absolute atomic E-state index is 5.97. The number of hydrogen-bond donors (Lipinski definition) is 2. The molecule has 0 fully saturated rings. The number of benzene rings is 2. The molecule has 0 aliphatic rings. The molecule has 0 saturated heterocycles. The van der Waals surface area contributed by atoms with E-state index in [9.17, 15) is 0 Å². The van der Waals surface area contributed by atoms with Crippen LogP contribution in [0.15, 0.2) is 72.8 Å². The molecule has 0 saturated carbocycles. The minimum atomic E-state index is -0.143. The molecule has 1 atom stereocenters. The number of hydrogen-bond acceptors (Lipinski definition) is 2. The standard InChI is InChI=1S/C18H20N2/c19-18(14-13-17-10-5-2-6-11-17)20-15-7-12-16-8-3-1-4-9-16/h1-14,18,20H,15,19H2. The molecule has 0 spiro atoms. The van der Waals surface area contributed by atoms with E-state index in [0.29, 0.717) is 0 Å². The summed E-state index contributed by atoms with van der Waals surface area (Å²) in [5.74, 6) is 0. The summed E-state index contributed by atoms with van der Waals surface area (Å²) in [6, 6.07) is 20.4. The Hall–Kier alpha value is -2.16. The van der Waals surface area contributed by atoms with Gasteiger partial charge in [0.25, 0.3) is 0 Å². The molecular formula is C18H20N2. The fourth-order valence-corrected chi connectivity index (χ4v) is 1.81. The van der Waals surface area contributed by atoms with Crippen LogP contribution in [-0.4, -0.2) is 12.7 Å². The van der Waals surface area contributed by atoms with Gasteiger partial charge in [-0.15, -0.1) is 0 Å². The quantitative estimate of drug-likeness (QED) is 0.786. The first-order valence-corrected chi connectivity index (χ1v) is 6.78. The van der Waals surface area contributed by atoms with Crippen LogP contribution in [0.5, 0.6) is 0 Å². The Morgan fingerprint density at radius 1 is 0.850 bits per heavy atom. The maximum Gasteiger partial charge on any atom is 0.0744 e. The van der Waals surface area contributed by atoms with E-state index >= 15 is 0 Å². The van der Waals surface area contributed by atoms with Gasteiger partial charge in [-0.2, -0.15) is 0 Å². The molecule has 0 heterocycles. The maximum atomic E-state index is 5.97. The molecule has 0 aliphatic heterocycles. The Bertz CT molecular complexity index is 544. The van der Waals surface area contributed by atoms with Crippen LogP contribution in [0, 0.1) is 0 Å². The first kappa shape index (κ1) is 14.3. The molecule has 102 valence electrons. The average Bonchev–Trinajstić information content (AvgIpc) is 2.52. The second-order valence-electron chi connectivity index (χ2n) is 4.52. The van der Waals surface area contributed by atoms with Crippen molar-refractivity contribution in [2.45, 2.75) is 6.17 Å². The fourth-order valence-electron chi connectivity index (χ4n) is 1.81. The highest BCUT2D eigenvalue weighted by Crippen LogP contribution is 2.01. The van der Waals surface area contributed by atoms with Gasteiger partial charge in [-0.05, 0) is 11.1 Å². The van der Waals surface area contributed by atoms with Crippen LogP contribution in [0.1, 0.15) is 11.1 Å². The van der Waals surface area contributed by atoms with E-state index in [1.165, 1.54) is 5.56 Å². The summed E-state index contributed by atoms with van der Waals surface area (Å²) in [5.41, 5.74) is 8.32. The van der Waals surface area contributed by atoms with Gasteiger partial charge in [0.1, 0.15) is 0 Å². The van der Waals surface area contributed by atoms with Gasteiger partial charge in [0, 0.05) is 6.54 Å². The summed E-state index contributed by atoms with van der Waals surface area (Å²) in [7, 11) is 0. The van der Waals surface area contributed by atoms with Crippen LogP contribution in [0.2, 0.25) is 0 Å². The van der Waals surface area contributed by atoms with Crippen molar-refractivity contribution >= 4 is 12.2 Å². The second-order valence-corrected chi connectivity index (χ2v) is 4.52. The Kier molecular flexibility index (Phi) is 5.77. The summed E-state index contributed by atoms with van der Waals surface area (Å²) >= 11 is 0. The summed E-state index contributed by atoms with van der Waals surface area (Å²) < 4.78 is 0. The summed E-state index contributed by atoms with van der Waals surface area (Å²) in [4.78, 5) is 0. The molecule has 20 heavy (non-hydrogen) atoms. The molecule has 2 nitrogen and oxygen atoms in total. The van der Waals surface area contributed by atoms with Crippen molar-refractivity contribution < 1.29 is 0 Å². The van der Waals surface area contributed by atoms with Gasteiger partial charge in [-0.3, -0.25) is 5.32 Å². The van der Waals surface area contributed by atoms with Crippen molar-refractivity contribution in [1.29, 1.82) is 0 Å². The molecule has 0 amide bonds. The topological polar surface area (TPSA) is 38.0 Å². The Balaban J connectivity index is 1.74. The lowest BCUT2D eigenvalue weighted by Gasteiger charge is -2.06. The van der Waals surface area contributed by atoms with Crippen LogP contribution in [0.4, 0.5) is 0 Å². The lowest BCUT2D eigenvalue weighted by atomic mass is 10.2. The normalized spacial score (nSPS) is 13.1. The highest BCUT2D eigenvalue weighted by Gasteiger charge is 1.93. The second kappa shape index (κ2) is 8.10. The van der Waals surface area contributed by atoms with Gasteiger partial charge in [-0.1, -0.05) is 85.0 Å².